The third-order valence-corrected chi connectivity index (χ3v) is 5.90. The molecule has 2 N–H and O–H groups in total. The van der Waals surface area contributed by atoms with Gasteiger partial charge in [-0.2, -0.15) is 0 Å². The minimum atomic E-state index is -1.52. The van der Waals surface area contributed by atoms with Crippen molar-refractivity contribution in [2.75, 3.05) is 0 Å². The van der Waals surface area contributed by atoms with E-state index in [0.29, 0.717) is 0 Å². The summed E-state index contributed by atoms with van der Waals surface area (Å²) >= 11 is 7.58. The summed E-state index contributed by atoms with van der Waals surface area (Å²) in [6.07, 6.45) is 0.946. The molecule has 1 fully saturated rings. The Labute approximate surface area is 155 Å². The monoisotopic (exact) mass is 393 g/mol. The maximum absolute atomic E-state index is 12.6. The van der Waals surface area contributed by atoms with Crippen LogP contribution in [0.2, 0.25) is 0 Å². The third-order valence-electron chi connectivity index (χ3n) is 3.51. The van der Waals surface area contributed by atoms with Gasteiger partial charge in [-0.1, -0.05) is 42.2 Å². The van der Waals surface area contributed by atoms with Gasteiger partial charge in [0.25, 0.3) is 5.91 Å². The van der Waals surface area contributed by atoms with Gasteiger partial charge in [-0.15, -0.1) is 11.3 Å². The molecule has 9 heteroatoms. The van der Waals surface area contributed by atoms with Crippen molar-refractivity contribution in [3.8, 4) is 0 Å². The van der Waals surface area contributed by atoms with Gasteiger partial charge in [0, 0.05) is 9.58 Å². The predicted molar refractivity (Wildman–Crippen MR) is 101 cm³/mol. The van der Waals surface area contributed by atoms with E-state index in [9.17, 15) is 19.5 Å². The zero-order chi connectivity index (χ0) is 18.1. The minimum absolute atomic E-state index is 0.0472. The van der Waals surface area contributed by atoms with E-state index in [0.717, 1.165) is 31.6 Å². The molecule has 128 valence electrons. The van der Waals surface area contributed by atoms with Crippen LogP contribution < -0.4 is 0 Å². The summed E-state index contributed by atoms with van der Waals surface area (Å²) in [7, 11) is 0. The number of thioether (sulfide) groups is 1. The Morgan fingerprint density at radius 2 is 2.00 bits per heavy atom. The predicted octanol–water partition coefficient (Wildman–Crippen LogP) is 3.03. The first-order valence-corrected chi connectivity index (χ1v) is 9.11. The van der Waals surface area contributed by atoms with Crippen LogP contribution in [0.15, 0.2) is 35.2 Å². The van der Waals surface area contributed by atoms with E-state index in [2.05, 4.69) is 0 Å². The largest absolute Gasteiger partial charge is 0.481 e. The van der Waals surface area contributed by atoms with E-state index in [-0.39, 0.29) is 9.23 Å². The van der Waals surface area contributed by atoms with Crippen molar-refractivity contribution in [2.45, 2.75) is 12.5 Å². The number of hydrogen-bond donors (Lipinski definition) is 2. The SMILES string of the molecule is O=C(O)CC(C(=O)O)N1C(=O)/C(=C/c2cc3ccccc3s2)SC1=S. The lowest BCUT2D eigenvalue weighted by atomic mass is 10.2. The summed E-state index contributed by atoms with van der Waals surface area (Å²) in [6.45, 7) is 0. The minimum Gasteiger partial charge on any atom is -0.481 e. The van der Waals surface area contributed by atoms with Crippen molar-refractivity contribution in [3.05, 3.63) is 40.1 Å². The highest BCUT2D eigenvalue weighted by Gasteiger charge is 2.41. The molecule has 1 unspecified atom stereocenters. The van der Waals surface area contributed by atoms with E-state index in [1.807, 2.05) is 30.3 Å². The molecule has 3 rings (SSSR count). The standard InChI is InChI=1S/C16H11NO5S3/c18-13(19)7-10(15(21)22)17-14(20)12(25-16(17)23)6-9-5-8-3-1-2-4-11(8)24-9/h1-6,10H,7H2,(H,18,19)(H,21,22)/b12-6-. The van der Waals surface area contributed by atoms with Gasteiger partial charge in [-0.3, -0.25) is 14.5 Å². The van der Waals surface area contributed by atoms with E-state index in [1.54, 1.807) is 6.08 Å². The number of carbonyl (C=O) groups is 3. The van der Waals surface area contributed by atoms with Crippen LogP contribution in [0.5, 0.6) is 0 Å². The second-order valence-electron chi connectivity index (χ2n) is 5.19. The molecule has 0 aliphatic carbocycles. The average Bonchev–Trinajstić information content (AvgIpc) is 3.06. The fourth-order valence-corrected chi connectivity index (χ4v) is 4.84. The molecule has 25 heavy (non-hydrogen) atoms. The molecule has 0 saturated carbocycles. The number of benzene rings is 1. The molecular weight excluding hydrogens is 382 g/mol. The lowest BCUT2D eigenvalue weighted by Gasteiger charge is -2.21. The van der Waals surface area contributed by atoms with Crippen LogP contribution in [0.4, 0.5) is 0 Å². The lowest BCUT2D eigenvalue weighted by Crippen LogP contribution is -2.45. The quantitative estimate of drug-likeness (QED) is 0.595. The second kappa shape index (κ2) is 6.95. The number of amides is 1. The highest BCUT2D eigenvalue weighted by molar-refractivity contribution is 8.26. The summed E-state index contributed by atoms with van der Waals surface area (Å²) in [5.74, 6) is -3.29. The summed E-state index contributed by atoms with van der Waals surface area (Å²) in [4.78, 5) is 36.8. The number of nitrogens with zero attached hydrogens (tertiary/aromatic N) is 1. The lowest BCUT2D eigenvalue weighted by molar-refractivity contribution is -0.150. The second-order valence-corrected chi connectivity index (χ2v) is 7.98. The molecule has 1 saturated heterocycles. The van der Waals surface area contributed by atoms with E-state index >= 15 is 0 Å². The number of carboxylic acids is 2. The number of aliphatic carboxylic acids is 2. The molecule has 1 amide bonds. The van der Waals surface area contributed by atoms with Gasteiger partial charge >= 0.3 is 11.9 Å². The van der Waals surface area contributed by atoms with Crippen molar-refractivity contribution in [3.63, 3.8) is 0 Å². The fraction of sp³-hybridized carbons (Fsp3) is 0.125. The van der Waals surface area contributed by atoms with Crippen LogP contribution in [0, 0.1) is 0 Å². The Bertz CT molecular complexity index is 900. The van der Waals surface area contributed by atoms with Gasteiger partial charge in [0.15, 0.2) is 0 Å². The Balaban J connectivity index is 1.92. The molecule has 1 aromatic heterocycles. The number of rotatable bonds is 5. The van der Waals surface area contributed by atoms with Crippen molar-refractivity contribution in [1.82, 2.24) is 4.90 Å². The Morgan fingerprint density at radius 3 is 2.64 bits per heavy atom. The van der Waals surface area contributed by atoms with Crippen LogP contribution in [0.3, 0.4) is 0 Å². The van der Waals surface area contributed by atoms with Crippen molar-refractivity contribution in [1.29, 1.82) is 0 Å². The van der Waals surface area contributed by atoms with Crippen LogP contribution in [0.1, 0.15) is 11.3 Å². The van der Waals surface area contributed by atoms with Gasteiger partial charge in [0.1, 0.15) is 10.4 Å². The number of carboxylic acid groups (broad SMARTS) is 2. The first-order chi connectivity index (χ1) is 11.9. The zero-order valence-electron chi connectivity index (χ0n) is 12.5. The highest BCUT2D eigenvalue weighted by Crippen LogP contribution is 2.36. The number of fused-ring (bicyclic) bond motifs is 1. The molecule has 2 heterocycles. The molecule has 0 spiro atoms. The Morgan fingerprint density at radius 1 is 1.28 bits per heavy atom. The third kappa shape index (κ3) is 3.58. The van der Waals surface area contributed by atoms with Gasteiger partial charge in [-0.25, -0.2) is 4.79 Å². The number of thiocarbonyl (C=S) groups is 1. The fourth-order valence-electron chi connectivity index (χ4n) is 2.41. The maximum atomic E-state index is 12.6. The summed E-state index contributed by atoms with van der Waals surface area (Å²) in [6, 6.07) is 8.18. The summed E-state index contributed by atoms with van der Waals surface area (Å²) in [5.41, 5.74) is 0. The zero-order valence-corrected chi connectivity index (χ0v) is 15.0. The van der Waals surface area contributed by atoms with E-state index in [4.69, 9.17) is 17.3 Å². The molecule has 2 aromatic rings. The molecule has 0 radical (unpaired) electrons. The van der Waals surface area contributed by atoms with Gasteiger partial charge in [-0.05, 0) is 23.6 Å². The number of hydrogen-bond acceptors (Lipinski definition) is 6. The van der Waals surface area contributed by atoms with Crippen LogP contribution >= 0.6 is 35.3 Å². The molecule has 1 aromatic carbocycles. The summed E-state index contributed by atoms with van der Waals surface area (Å²) in [5, 5.41) is 19.2. The topological polar surface area (TPSA) is 94.9 Å². The molecule has 1 atom stereocenters. The van der Waals surface area contributed by atoms with Crippen LogP contribution in [-0.2, 0) is 14.4 Å². The van der Waals surface area contributed by atoms with E-state index < -0.39 is 30.3 Å². The van der Waals surface area contributed by atoms with Crippen LogP contribution in [0.25, 0.3) is 16.2 Å². The van der Waals surface area contributed by atoms with Crippen molar-refractivity contribution >= 4 is 73.6 Å². The van der Waals surface area contributed by atoms with Crippen molar-refractivity contribution < 1.29 is 24.6 Å². The van der Waals surface area contributed by atoms with Gasteiger partial charge in [0.2, 0.25) is 0 Å². The molecular formula is C16H11NO5S3. The molecule has 6 nitrogen and oxygen atoms in total. The first-order valence-electron chi connectivity index (χ1n) is 7.07. The normalized spacial score (nSPS) is 17.4. The smallest absolute Gasteiger partial charge is 0.327 e. The van der Waals surface area contributed by atoms with E-state index in [1.165, 1.54) is 11.3 Å². The van der Waals surface area contributed by atoms with Crippen LogP contribution in [-0.4, -0.2) is 43.3 Å². The summed E-state index contributed by atoms with van der Waals surface area (Å²) < 4.78 is 1.12. The molecule has 1 aliphatic rings. The molecule has 1 aliphatic heterocycles. The first kappa shape index (κ1) is 17.6. The Kier molecular flexibility index (Phi) is 4.89. The number of carbonyl (C=O) groups excluding carboxylic acids is 1. The average molecular weight is 393 g/mol. The molecule has 0 bridgehead atoms. The van der Waals surface area contributed by atoms with Crippen molar-refractivity contribution in [2.24, 2.45) is 0 Å². The maximum Gasteiger partial charge on any atom is 0.327 e. The highest BCUT2D eigenvalue weighted by atomic mass is 32.2. The number of thiophene rings is 1. The van der Waals surface area contributed by atoms with Gasteiger partial charge in [0.05, 0.1) is 11.3 Å². The van der Waals surface area contributed by atoms with Gasteiger partial charge < -0.3 is 10.2 Å². The Hall–Kier alpha value is -2.23.